The van der Waals surface area contributed by atoms with Gasteiger partial charge in [0.25, 0.3) is 0 Å². The van der Waals surface area contributed by atoms with Crippen LogP contribution in [0.4, 0.5) is 8.78 Å². The quantitative estimate of drug-likeness (QED) is 0.582. The van der Waals surface area contributed by atoms with Crippen LogP contribution in [-0.2, 0) is 9.47 Å². The lowest BCUT2D eigenvalue weighted by Gasteiger charge is -2.23. The molecule has 0 saturated carbocycles. The van der Waals surface area contributed by atoms with Crippen molar-refractivity contribution < 1.29 is 23.4 Å². The average molecular weight is 235 g/mol. The Labute approximate surface area is 71.4 Å². The van der Waals surface area contributed by atoms with Crippen molar-refractivity contribution in [2.45, 2.75) is 17.2 Å². The van der Waals surface area contributed by atoms with E-state index in [1.54, 1.807) is 0 Å². The molecule has 6 heteroatoms. The van der Waals surface area contributed by atoms with Crippen LogP contribution in [0.25, 0.3) is 0 Å². The fraction of sp³-hybridized carbons (Fsp3) is 1.00. The maximum Gasteiger partial charge on any atom is 0.331 e. The number of alkyl halides is 3. The zero-order valence-electron chi connectivity index (χ0n) is 6.05. The predicted molar refractivity (Wildman–Crippen MR) is 37.7 cm³/mol. The molecule has 0 amide bonds. The molecule has 0 fully saturated rings. The Morgan fingerprint density at radius 1 is 1.36 bits per heavy atom. The minimum atomic E-state index is -3.40. The second kappa shape index (κ2) is 4.30. The first kappa shape index (κ1) is 11.2. The van der Waals surface area contributed by atoms with Crippen molar-refractivity contribution in [1.82, 2.24) is 0 Å². The number of methoxy groups -OCH3 is 2. The molecule has 0 aromatic carbocycles. The molecule has 0 saturated heterocycles. The van der Waals surface area contributed by atoms with Gasteiger partial charge in [0, 0.05) is 14.2 Å². The molecule has 11 heavy (non-hydrogen) atoms. The second-order valence-electron chi connectivity index (χ2n) is 1.83. The van der Waals surface area contributed by atoms with E-state index in [9.17, 15) is 8.78 Å². The van der Waals surface area contributed by atoms with E-state index in [0.29, 0.717) is 0 Å². The molecule has 0 aromatic rings. The molecule has 0 heterocycles. The van der Waals surface area contributed by atoms with Gasteiger partial charge < -0.3 is 14.6 Å². The summed E-state index contributed by atoms with van der Waals surface area (Å²) in [7, 11) is 2.33. The van der Waals surface area contributed by atoms with Gasteiger partial charge in [0.1, 0.15) is 0 Å². The van der Waals surface area contributed by atoms with E-state index in [0.717, 1.165) is 14.2 Å². The molecule has 1 atom stereocenters. The van der Waals surface area contributed by atoms with Gasteiger partial charge in [-0.2, -0.15) is 8.78 Å². The molecule has 0 bridgehead atoms. The second-order valence-corrected chi connectivity index (χ2v) is 2.88. The van der Waals surface area contributed by atoms with Crippen LogP contribution in [0.2, 0.25) is 0 Å². The van der Waals surface area contributed by atoms with Gasteiger partial charge in [0.15, 0.2) is 12.4 Å². The first-order valence-corrected chi connectivity index (χ1v) is 3.53. The Bertz CT molecular complexity index is 113. The van der Waals surface area contributed by atoms with Crippen LogP contribution < -0.4 is 0 Å². The van der Waals surface area contributed by atoms with E-state index >= 15 is 0 Å². The topological polar surface area (TPSA) is 38.7 Å². The molecule has 1 unspecified atom stereocenters. The van der Waals surface area contributed by atoms with Crippen LogP contribution >= 0.6 is 15.9 Å². The van der Waals surface area contributed by atoms with E-state index in [1.165, 1.54) is 0 Å². The van der Waals surface area contributed by atoms with Gasteiger partial charge in [0.05, 0.1) is 0 Å². The number of aliphatic hydroxyl groups excluding tert-OH is 1. The molecule has 0 radical (unpaired) electrons. The van der Waals surface area contributed by atoms with Crippen LogP contribution in [0.15, 0.2) is 0 Å². The first-order chi connectivity index (χ1) is 4.93. The maximum atomic E-state index is 12.2. The Kier molecular flexibility index (Phi) is 4.38. The largest absolute Gasteiger partial charge is 0.381 e. The maximum absolute atomic E-state index is 12.2. The van der Waals surface area contributed by atoms with Crippen LogP contribution in [-0.4, -0.2) is 36.6 Å². The summed E-state index contributed by atoms with van der Waals surface area (Å²) in [5.41, 5.74) is 0. The third kappa shape index (κ3) is 3.42. The van der Waals surface area contributed by atoms with Crippen LogP contribution in [0.1, 0.15) is 0 Å². The van der Waals surface area contributed by atoms with Gasteiger partial charge in [-0.15, -0.1) is 0 Å². The molecule has 0 aliphatic rings. The van der Waals surface area contributed by atoms with Gasteiger partial charge in [0.2, 0.25) is 0 Å². The molecule has 0 aliphatic heterocycles. The summed E-state index contributed by atoms with van der Waals surface area (Å²) in [6.45, 7) is 0. The minimum absolute atomic E-state index is 1.16. The Morgan fingerprint density at radius 2 is 1.73 bits per heavy atom. The smallest absolute Gasteiger partial charge is 0.331 e. The van der Waals surface area contributed by atoms with Gasteiger partial charge in [-0.1, -0.05) is 0 Å². The highest BCUT2D eigenvalue weighted by molar-refractivity contribution is 9.10. The van der Waals surface area contributed by atoms with Crippen LogP contribution in [0.5, 0.6) is 0 Å². The predicted octanol–water partition coefficient (Wildman–Crippen LogP) is 0.954. The van der Waals surface area contributed by atoms with E-state index in [1.807, 2.05) is 15.9 Å². The lowest BCUT2D eigenvalue weighted by atomic mass is 10.3. The van der Waals surface area contributed by atoms with E-state index in [-0.39, 0.29) is 0 Å². The number of ether oxygens (including phenoxy) is 2. The molecule has 3 nitrogen and oxygen atoms in total. The highest BCUT2D eigenvalue weighted by atomic mass is 79.9. The van der Waals surface area contributed by atoms with Crippen LogP contribution in [0, 0.1) is 0 Å². The molecule has 0 rings (SSSR count). The fourth-order valence-corrected chi connectivity index (χ4v) is 0.724. The number of hydrogen-bond acceptors (Lipinski definition) is 3. The normalized spacial score (nSPS) is 15.5. The Hall–Kier alpha value is 0.220. The number of hydrogen-bond donors (Lipinski definition) is 1. The van der Waals surface area contributed by atoms with Crippen molar-refractivity contribution in [1.29, 1.82) is 0 Å². The van der Waals surface area contributed by atoms with Crippen LogP contribution in [0.3, 0.4) is 0 Å². The molecule has 68 valence electrons. The summed E-state index contributed by atoms with van der Waals surface area (Å²) in [4.78, 5) is -3.40. The summed E-state index contributed by atoms with van der Waals surface area (Å²) in [6, 6.07) is 0. The van der Waals surface area contributed by atoms with Crippen molar-refractivity contribution in [3.8, 4) is 0 Å². The zero-order valence-corrected chi connectivity index (χ0v) is 7.64. The van der Waals surface area contributed by atoms with E-state index in [2.05, 4.69) is 9.47 Å². The highest BCUT2D eigenvalue weighted by Crippen LogP contribution is 2.28. The van der Waals surface area contributed by atoms with Crippen molar-refractivity contribution in [3.05, 3.63) is 0 Å². The first-order valence-electron chi connectivity index (χ1n) is 2.74. The Balaban J connectivity index is 4.09. The average Bonchev–Trinajstić information content (AvgIpc) is 1.88. The van der Waals surface area contributed by atoms with Crippen molar-refractivity contribution >= 4 is 15.9 Å². The molecule has 0 aromatic heterocycles. The number of halogens is 3. The van der Waals surface area contributed by atoms with Gasteiger partial charge in [-0.25, -0.2) is 0 Å². The lowest BCUT2D eigenvalue weighted by Crippen LogP contribution is -2.40. The molecule has 0 spiro atoms. The highest BCUT2D eigenvalue weighted by Gasteiger charge is 2.41. The number of rotatable bonds is 4. The van der Waals surface area contributed by atoms with Gasteiger partial charge >= 0.3 is 4.83 Å². The summed E-state index contributed by atoms with van der Waals surface area (Å²) in [5, 5.41) is 8.80. The lowest BCUT2D eigenvalue weighted by molar-refractivity contribution is -0.204. The molecule has 0 aliphatic carbocycles. The minimum Gasteiger partial charge on any atom is -0.381 e. The summed E-state index contributed by atoms with van der Waals surface area (Å²) in [5.74, 6) is 0. The third-order valence-corrected chi connectivity index (χ3v) is 1.53. The van der Waals surface area contributed by atoms with Crippen molar-refractivity contribution in [2.24, 2.45) is 0 Å². The third-order valence-electron chi connectivity index (χ3n) is 1.06. The monoisotopic (exact) mass is 234 g/mol. The van der Waals surface area contributed by atoms with Crippen molar-refractivity contribution in [2.75, 3.05) is 14.2 Å². The Morgan fingerprint density at radius 3 is 1.82 bits per heavy atom. The number of aliphatic hydroxyl groups is 1. The molecular weight excluding hydrogens is 226 g/mol. The van der Waals surface area contributed by atoms with Gasteiger partial charge in [-0.3, -0.25) is 0 Å². The van der Waals surface area contributed by atoms with Gasteiger partial charge in [-0.05, 0) is 15.9 Å². The van der Waals surface area contributed by atoms with E-state index < -0.39 is 17.2 Å². The standard InChI is InChI=1S/C5H9BrF2O3/c1-10-4(11-2)3(9)5(6,7)8/h3-4,9H,1-2H3. The van der Waals surface area contributed by atoms with E-state index in [4.69, 9.17) is 5.11 Å². The molecule has 1 N–H and O–H groups in total. The summed E-state index contributed by atoms with van der Waals surface area (Å²) < 4.78 is 33.3. The summed E-state index contributed by atoms with van der Waals surface area (Å²) >= 11 is 1.98. The SMILES string of the molecule is COC(OC)C(O)C(F)(F)Br. The fourth-order valence-electron chi connectivity index (χ4n) is 0.508. The molecular formula is C5H9BrF2O3. The zero-order chi connectivity index (χ0) is 9.07. The van der Waals surface area contributed by atoms with Crippen molar-refractivity contribution in [3.63, 3.8) is 0 Å². The summed E-state index contributed by atoms with van der Waals surface area (Å²) in [6.07, 6.45) is -3.35.